The van der Waals surface area contributed by atoms with Gasteiger partial charge in [0, 0.05) is 12.1 Å². The third-order valence-electron chi connectivity index (χ3n) is 6.50. The molecule has 0 amide bonds. The topological polar surface area (TPSA) is 21.3 Å². The number of ether oxygens (including phenoxy) is 1. The van der Waals surface area contributed by atoms with Crippen molar-refractivity contribution in [2.45, 2.75) is 142 Å². The molecule has 0 aliphatic heterocycles. The zero-order chi connectivity index (χ0) is 23.0. The van der Waals surface area contributed by atoms with Gasteiger partial charge in [0.25, 0.3) is 0 Å². The lowest BCUT2D eigenvalue weighted by atomic mass is 10.0. The molecule has 0 fully saturated rings. The molecule has 2 nitrogen and oxygen atoms in total. The Hall–Kier alpha value is -1.02. The van der Waals surface area contributed by atoms with Crippen LogP contribution in [-0.2, 0) is 6.54 Å². The van der Waals surface area contributed by atoms with Gasteiger partial charge in [-0.15, -0.1) is 0 Å². The van der Waals surface area contributed by atoms with Crippen LogP contribution >= 0.6 is 0 Å². The molecule has 1 rings (SSSR count). The predicted molar refractivity (Wildman–Crippen MR) is 143 cm³/mol. The minimum Gasteiger partial charge on any atom is -0.493 e. The fourth-order valence-corrected chi connectivity index (χ4v) is 4.35. The van der Waals surface area contributed by atoms with Crippen LogP contribution in [0.2, 0.25) is 0 Å². The van der Waals surface area contributed by atoms with E-state index in [0.29, 0.717) is 0 Å². The monoisotopic (exact) mass is 445 g/mol. The Morgan fingerprint density at radius 1 is 0.562 bits per heavy atom. The molecule has 2 heteroatoms. The summed E-state index contributed by atoms with van der Waals surface area (Å²) in [6.07, 6.45) is 26.3. The molecule has 0 unspecified atom stereocenters. The molecule has 0 spiro atoms. The second kappa shape index (κ2) is 23.1. The molecule has 1 aromatic rings. The summed E-state index contributed by atoms with van der Waals surface area (Å²) in [6, 6.07) is 8.53. The number of para-hydroxylation sites is 1. The van der Waals surface area contributed by atoms with Gasteiger partial charge in [0.1, 0.15) is 5.75 Å². The van der Waals surface area contributed by atoms with E-state index in [0.717, 1.165) is 25.4 Å². The van der Waals surface area contributed by atoms with E-state index in [1.807, 2.05) is 0 Å². The van der Waals surface area contributed by atoms with Crippen LogP contribution in [0, 0.1) is 0 Å². The molecule has 0 aliphatic carbocycles. The van der Waals surface area contributed by atoms with Gasteiger partial charge in [-0.3, -0.25) is 0 Å². The van der Waals surface area contributed by atoms with Gasteiger partial charge in [-0.25, -0.2) is 0 Å². The zero-order valence-corrected chi connectivity index (χ0v) is 21.8. The highest BCUT2D eigenvalue weighted by Gasteiger charge is 2.02. The summed E-state index contributed by atoms with van der Waals surface area (Å²) in [6.45, 7) is 7.44. The first-order chi connectivity index (χ1) is 15.9. The first-order valence-electron chi connectivity index (χ1n) is 14.3. The Morgan fingerprint density at radius 3 is 1.59 bits per heavy atom. The van der Waals surface area contributed by atoms with E-state index in [1.54, 1.807) is 0 Å². The molecular formula is C30H55NO. The summed E-state index contributed by atoms with van der Waals surface area (Å²) in [5.74, 6) is 1.07. The lowest BCUT2D eigenvalue weighted by Crippen LogP contribution is -2.15. The van der Waals surface area contributed by atoms with Gasteiger partial charge < -0.3 is 10.1 Å². The fraction of sp³-hybridized carbons (Fsp3) is 0.800. The smallest absolute Gasteiger partial charge is 0.123 e. The molecule has 0 bridgehead atoms. The van der Waals surface area contributed by atoms with Gasteiger partial charge in [0.2, 0.25) is 0 Å². The van der Waals surface area contributed by atoms with Crippen molar-refractivity contribution in [1.82, 2.24) is 5.32 Å². The van der Waals surface area contributed by atoms with E-state index < -0.39 is 0 Å². The molecular weight excluding hydrogens is 390 g/mol. The van der Waals surface area contributed by atoms with Gasteiger partial charge >= 0.3 is 0 Å². The molecule has 0 aromatic heterocycles. The lowest BCUT2D eigenvalue weighted by Gasteiger charge is -2.12. The van der Waals surface area contributed by atoms with Crippen molar-refractivity contribution in [3.05, 3.63) is 29.8 Å². The number of nitrogens with one attached hydrogen (secondary N) is 1. The highest BCUT2D eigenvalue weighted by atomic mass is 16.5. The first kappa shape index (κ1) is 29.0. The Morgan fingerprint density at radius 2 is 1.03 bits per heavy atom. The molecule has 1 aromatic carbocycles. The maximum Gasteiger partial charge on any atom is 0.123 e. The molecule has 1 N–H and O–H groups in total. The highest BCUT2D eigenvalue weighted by Crippen LogP contribution is 2.18. The van der Waals surface area contributed by atoms with E-state index >= 15 is 0 Å². The molecule has 32 heavy (non-hydrogen) atoms. The highest BCUT2D eigenvalue weighted by molar-refractivity contribution is 5.33. The van der Waals surface area contributed by atoms with Crippen molar-refractivity contribution in [3.63, 3.8) is 0 Å². The average Bonchev–Trinajstić information content (AvgIpc) is 2.82. The van der Waals surface area contributed by atoms with Crippen molar-refractivity contribution in [1.29, 1.82) is 0 Å². The maximum absolute atomic E-state index is 6.06. The largest absolute Gasteiger partial charge is 0.493 e. The van der Waals surface area contributed by atoms with Crippen LogP contribution in [0.3, 0.4) is 0 Å². The summed E-state index contributed by atoms with van der Waals surface area (Å²) < 4.78 is 6.06. The van der Waals surface area contributed by atoms with Crippen molar-refractivity contribution >= 4 is 0 Å². The molecule has 0 aliphatic rings. The van der Waals surface area contributed by atoms with E-state index in [9.17, 15) is 0 Å². The average molecular weight is 446 g/mol. The number of hydrogen-bond acceptors (Lipinski definition) is 2. The van der Waals surface area contributed by atoms with E-state index in [1.165, 1.54) is 128 Å². The van der Waals surface area contributed by atoms with Gasteiger partial charge in [-0.2, -0.15) is 0 Å². The third kappa shape index (κ3) is 17.5. The van der Waals surface area contributed by atoms with Crippen LogP contribution in [0.4, 0.5) is 0 Å². The van der Waals surface area contributed by atoms with Gasteiger partial charge in [-0.1, -0.05) is 141 Å². The van der Waals surface area contributed by atoms with Crippen LogP contribution in [0.1, 0.15) is 141 Å². The Balaban J connectivity index is 1.92. The van der Waals surface area contributed by atoms with Crippen LogP contribution in [0.5, 0.6) is 5.75 Å². The Kier molecular flexibility index (Phi) is 21.0. The van der Waals surface area contributed by atoms with Crippen molar-refractivity contribution in [2.75, 3.05) is 13.2 Å². The molecule has 0 atom stereocenters. The zero-order valence-electron chi connectivity index (χ0n) is 21.8. The molecule has 0 saturated heterocycles. The van der Waals surface area contributed by atoms with Gasteiger partial charge in [-0.05, 0) is 25.5 Å². The minimum atomic E-state index is 0.847. The Labute approximate surface area is 201 Å². The lowest BCUT2D eigenvalue weighted by molar-refractivity contribution is 0.301. The minimum absolute atomic E-state index is 0.847. The maximum atomic E-state index is 6.06. The van der Waals surface area contributed by atoms with Crippen molar-refractivity contribution < 1.29 is 4.74 Å². The normalized spacial score (nSPS) is 11.2. The second-order valence-corrected chi connectivity index (χ2v) is 9.64. The SMILES string of the molecule is CCCCCCCCCCCCCCCCNCc1ccccc1OCCCCCCC. The summed E-state index contributed by atoms with van der Waals surface area (Å²) in [4.78, 5) is 0. The number of unbranched alkanes of at least 4 members (excludes halogenated alkanes) is 17. The first-order valence-corrected chi connectivity index (χ1v) is 14.3. The van der Waals surface area contributed by atoms with Crippen molar-refractivity contribution in [2.24, 2.45) is 0 Å². The van der Waals surface area contributed by atoms with Crippen LogP contribution in [0.25, 0.3) is 0 Å². The van der Waals surface area contributed by atoms with Gasteiger partial charge in [0.05, 0.1) is 6.61 Å². The summed E-state index contributed by atoms with van der Waals surface area (Å²) in [5.41, 5.74) is 1.30. The number of benzene rings is 1. The molecule has 186 valence electrons. The molecule has 0 saturated carbocycles. The number of hydrogen-bond donors (Lipinski definition) is 1. The quantitative estimate of drug-likeness (QED) is 0.160. The van der Waals surface area contributed by atoms with Gasteiger partial charge in [0.15, 0.2) is 0 Å². The predicted octanol–water partition coefficient (Wildman–Crippen LogP) is 9.61. The molecule has 0 radical (unpaired) electrons. The Bertz CT molecular complexity index is 501. The van der Waals surface area contributed by atoms with E-state index in [2.05, 4.69) is 43.4 Å². The third-order valence-corrected chi connectivity index (χ3v) is 6.50. The number of rotatable bonds is 24. The van der Waals surface area contributed by atoms with Crippen molar-refractivity contribution in [3.8, 4) is 5.75 Å². The van der Waals surface area contributed by atoms with Crippen LogP contribution < -0.4 is 10.1 Å². The van der Waals surface area contributed by atoms with Crippen LogP contribution in [0.15, 0.2) is 24.3 Å². The van der Waals surface area contributed by atoms with E-state index in [4.69, 9.17) is 4.74 Å². The standard InChI is InChI=1S/C30H55NO/c1-3-5-7-9-10-11-12-13-14-15-16-17-18-22-26-31-28-29-24-20-21-25-30(29)32-27-23-19-8-6-4-2/h20-21,24-25,31H,3-19,22-23,26-28H2,1-2H3. The summed E-state index contributed by atoms with van der Waals surface area (Å²) in [7, 11) is 0. The second-order valence-electron chi connectivity index (χ2n) is 9.64. The summed E-state index contributed by atoms with van der Waals surface area (Å²) in [5, 5.41) is 3.62. The molecule has 0 heterocycles. The summed E-state index contributed by atoms with van der Waals surface area (Å²) >= 11 is 0. The van der Waals surface area contributed by atoms with Crippen LogP contribution in [-0.4, -0.2) is 13.2 Å². The fourth-order valence-electron chi connectivity index (χ4n) is 4.35. The van der Waals surface area contributed by atoms with E-state index in [-0.39, 0.29) is 0 Å².